The molecule has 4 fully saturated rings. The van der Waals surface area contributed by atoms with E-state index in [4.69, 9.17) is 11.6 Å². The van der Waals surface area contributed by atoms with Crippen molar-refractivity contribution in [3.8, 4) is 0 Å². The number of alkyl halides is 1. The van der Waals surface area contributed by atoms with Crippen LogP contribution in [0.5, 0.6) is 0 Å². The summed E-state index contributed by atoms with van der Waals surface area (Å²) in [6.45, 7) is 0. The minimum atomic E-state index is -0.197. The molecule has 5 aliphatic rings. The third-order valence-electron chi connectivity index (χ3n) is 6.87. The van der Waals surface area contributed by atoms with Crippen LogP contribution in [-0.2, 0) is 4.79 Å². The maximum absolute atomic E-state index is 13.0. The van der Waals surface area contributed by atoms with Crippen molar-refractivity contribution in [1.82, 2.24) is 10.2 Å². The summed E-state index contributed by atoms with van der Waals surface area (Å²) < 4.78 is 0. The highest BCUT2D eigenvalue weighted by molar-refractivity contribution is 6.27. The lowest BCUT2D eigenvalue weighted by Crippen LogP contribution is -2.67. The second-order valence-electron chi connectivity index (χ2n) is 8.45. The molecule has 2 atom stereocenters. The number of benzene rings is 1. The molecule has 6 heteroatoms. The average molecular weight is 373 g/mol. The van der Waals surface area contributed by atoms with Gasteiger partial charge in [0, 0.05) is 11.6 Å². The second kappa shape index (κ2) is 5.56. The molecule has 1 N–H and O–H groups in total. The predicted molar refractivity (Wildman–Crippen MR) is 95.9 cm³/mol. The number of nitrogens with zero attached hydrogens (tertiary/aromatic N) is 1. The Morgan fingerprint density at radius 1 is 1.08 bits per heavy atom. The van der Waals surface area contributed by atoms with Gasteiger partial charge in [-0.1, -0.05) is 12.1 Å². The van der Waals surface area contributed by atoms with E-state index in [1.165, 1.54) is 4.90 Å². The van der Waals surface area contributed by atoms with E-state index >= 15 is 0 Å². The Kier molecular flexibility index (Phi) is 3.48. The fourth-order valence-electron chi connectivity index (χ4n) is 6.38. The lowest BCUT2D eigenvalue weighted by atomic mass is 9.50. The molecule has 0 aromatic heterocycles. The summed E-state index contributed by atoms with van der Waals surface area (Å²) in [4.78, 5) is 39.4. The summed E-state index contributed by atoms with van der Waals surface area (Å²) >= 11 is 5.70. The van der Waals surface area contributed by atoms with Crippen LogP contribution in [0.15, 0.2) is 24.3 Å². The van der Waals surface area contributed by atoms with E-state index in [0.29, 0.717) is 17.0 Å². The number of hydrogen-bond acceptors (Lipinski definition) is 3. The van der Waals surface area contributed by atoms with Crippen molar-refractivity contribution in [3.05, 3.63) is 35.4 Å². The van der Waals surface area contributed by atoms with E-state index in [2.05, 4.69) is 5.32 Å². The van der Waals surface area contributed by atoms with Crippen LogP contribution in [0.1, 0.15) is 52.8 Å². The Morgan fingerprint density at radius 3 is 2.19 bits per heavy atom. The fraction of sp³-hybridized carbons (Fsp3) is 0.550. The van der Waals surface area contributed by atoms with Crippen LogP contribution in [0, 0.1) is 17.8 Å². The predicted octanol–water partition coefficient (Wildman–Crippen LogP) is 2.58. The Morgan fingerprint density at radius 2 is 1.65 bits per heavy atom. The molecule has 1 aromatic carbocycles. The quantitative estimate of drug-likeness (QED) is 0.655. The molecule has 0 saturated heterocycles. The molecule has 3 amide bonds. The first-order valence-electron chi connectivity index (χ1n) is 9.35. The number of amides is 3. The van der Waals surface area contributed by atoms with Crippen LogP contribution in [0.2, 0.25) is 0 Å². The molecule has 1 aromatic rings. The van der Waals surface area contributed by atoms with Gasteiger partial charge in [0.25, 0.3) is 11.8 Å². The average Bonchev–Trinajstić information content (AvgIpc) is 2.86. The smallest absolute Gasteiger partial charge is 0.261 e. The summed E-state index contributed by atoms with van der Waals surface area (Å²) in [5.41, 5.74) is 0.852. The van der Waals surface area contributed by atoms with Gasteiger partial charge in [-0.05, 0) is 62.0 Å². The van der Waals surface area contributed by atoms with Gasteiger partial charge in [-0.15, -0.1) is 11.6 Å². The monoisotopic (exact) mass is 372 g/mol. The summed E-state index contributed by atoms with van der Waals surface area (Å²) in [6, 6.07) is 7.06. The third-order valence-corrected chi connectivity index (χ3v) is 7.12. The van der Waals surface area contributed by atoms with Crippen LogP contribution in [0.3, 0.4) is 0 Å². The van der Waals surface area contributed by atoms with E-state index in [1.54, 1.807) is 24.3 Å². The maximum atomic E-state index is 13.0. The first-order chi connectivity index (χ1) is 12.5. The van der Waals surface area contributed by atoms with Gasteiger partial charge in [-0.3, -0.25) is 19.3 Å². The number of carbonyl (C=O) groups excluding carboxylic acids is 3. The van der Waals surface area contributed by atoms with Gasteiger partial charge in [0.05, 0.1) is 11.1 Å². The van der Waals surface area contributed by atoms with Gasteiger partial charge < -0.3 is 5.32 Å². The minimum Gasteiger partial charge on any atom is -0.350 e. The molecule has 1 aliphatic heterocycles. The van der Waals surface area contributed by atoms with Gasteiger partial charge in [0.2, 0.25) is 5.91 Å². The second-order valence-corrected chi connectivity index (χ2v) is 8.72. The number of nitrogens with one attached hydrogen (secondary N) is 1. The molecule has 0 spiro atoms. The topological polar surface area (TPSA) is 66.5 Å². The Bertz CT molecular complexity index is 772. The summed E-state index contributed by atoms with van der Waals surface area (Å²) in [7, 11) is 0. The molecule has 5 nitrogen and oxygen atoms in total. The van der Waals surface area contributed by atoms with Crippen LogP contribution in [-0.4, -0.2) is 40.1 Å². The van der Waals surface area contributed by atoms with Crippen LogP contribution in [0.4, 0.5) is 0 Å². The van der Waals surface area contributed by atoms with E-state index in [1.807, 2.05) is 0 Å². The number of halogens is 1. The van der Waals surface area contributed by atoms with Crippen LogP contribution < -0.4 is 5.32 Å². The standard InChI is InChI=1S/C20H21ClN2O3/c21-10-16(24)22-20-7-11-5-12(8-20)17(13(6-11)9-20)23-18(25)14-3-1-2-4-15(14)19(23)26/h1-4,11-13,17H,5-10H2,(H,22,24)/t11?,12?,13?,17-,20-. The SMILES string of the molecule is O=C(CCl)N[C@]12CC3CC(C1)[C@@H](N1C(=O)c4ccccc4C1=O)C(C3)C2. The van der Waals surface area contributed by atoms with E-state index < -0.39 is 0 Å². The molecule has 4 saturated carbocycles. The van der Waals surface area contributed by atoms with Crippen molar-refractivity contribution in [2.24, 2.45) is 17.8 Å². The van der Waals surface area contributed by atoms with Gasteiger partial charge in [0.15, 0.2) is 0 Å². The Hall–Kier alpha value is -1.88. The summed E-state index contributed by atoms with van der Waals surface area (Å²) in [5, 5.41) is 3.17. The van der Waals surface area contributed by atoms with Gasteiger partial charge >= 0.3 is 0 Å². The first kappa shape index (κ1) is 16.3. The molecule has 1 heterocycles. The molecule has 4 bridgehead atoms. The van der Waals surface area contributed by atoms with Gasteiger partial charge in [0.1, 0.15) is 5.88 Å². The van der Waals surface area contributed by atoms with E-state index in [0.717, 1.165) is 32.1 Å². The third kappa shape index (κ3) is 2.19. The highest BCUT2D eigenvalue weighted by Gasteiger charge is 2.59. The lowest BCUT2D eigenvalue weighted by molar-refractivity contribution is -0.127. The Labute approximate surface area is 157 Å². The van der Waals surface area contributed by atoms with E-state index in [9.17, 15) is 14.4 Å². The van der Waals surface area contributed by atoms with Crippen molar-refractivity contribution in [2.75, 3.05) is 5.88 Å². The molecule has 4 aliphatic carbocycles. The molecular formula is C20H21ClN2O3. The number of fused-ring (bicyclic) bond motifs is 1. The zero-order valence-corrected chi connectivity index (χ0v) is 15.2. The van der Waals surface area contributed by atoms with Crippen molar-refractivity contribution in [3.63, 3.8) is 0 Å². The largest absolute Gasteiger partial charge is 0.350 e. The van der Waals surface area contributed by atoms with Gasteiger partial charge in [-0.2, -0.15) is 0 Å². The summed E-state index contributed by atoms with van der Waals surface area (Å²) in [5.74, 6) is 0.645. The molecular weight excluding hydrogens is 352 g/mol. The van der Waals surface area contributed by atoms with Crippen molar-refractivity contribution in [1.29, 1.82) is 0 Å². The number of carbonyl (C=O) groups is 3. The van der Waals surface area contributed by atoms with Crippen molar-refractivity contribution >= 4 is 29.3 Å². The number of hydrogen-bond donors (Lipinski definition) is 1. The zero-order valence-electron chi connectivity index (χ0n) is 14.4. The Balaban J connectivity index is 1.46. The first-order valence-corrected chi connectivity index (χ1v) is 9.89. The van der Waals surface area contributed by atoms with Crippen LogP contribution in [0.25, 0.3) is 0 Å². The lowest BCUT2D eigenvalue weighted by Gasteiger charge is -2.61. The number of imide groups is 1. The fourth-order valence-corrected chi connectivity index (χ4v) is 6.45. The zero-order chi connectivity index (χ0) is 18.1. The molecule has 6 rings (SSSR count). The molecule has 2 unspecified atom stereocenters. The highest BCUT2D eigenvalue weighted by atomic mass is 35.5. The van der Waals surface area contributed by atoms with Gasteiger partial charge in [-0.25, -0.2) is 0 Å². The maximum Gasteiger partial charge on any atom is 0.261 e. The van der Waals surface area contributed by atoms with Crippen molar-refractivity contribution in [2.45, 2.75) is 43.7 Å². The van der Waals surface area contributed by atoms with Crippen LogP contribution >= 0.6 is 11.6 Å². The normalized spacial score (nSPS) is 37.2. The number of rotatable bonds is 3. The van der Waals surface area contributed by atoms with Crippen molar-refractivity contribution < 1.29 is 14.4 Å². The minimum absolute atomic E-state index is 0.0242. The van der Waals surface area contributed by atoms with E-state index in [-0.39, 0.29) is 47.0 Å². The summed E-state index contributed by atoms with van der Waals surface area (Å²) in [6.07, 6.45) is 4.74. The molecule has 0 radical (unpaired) electrons. The molecule has 136 valence electrons. The highest BCUT2D eigenvalue weighted by Crippen LogP contribution is 2.57. The molecule has 26 heavy (non-hydrogen) atoms.